The predicted octanol–water partition coefficient (Wildman–Crippen LogP) is 5.96. The maximum absolute atomic E-state index is 12.5. The summed E-state index contributed by atoms with van der Waals surface area (Å²) in [4.78, 5) is 9.48. The molecule has 0 spiro atoms. The first-order chi connectivity index (χ1) is 10.4. The van der Waals surface area contributed by atoms with Crippen LogP contribution in [0.3, 0.4) is 0 Å². The van der Waals surface area contributed by atoms with Crippen molar-refractivity contribution in [3.63, 3.8) is 0 Å². The fraction of sp³-hybridized carbons (Fsp3) is 0. The van der Waals surface area contributed by atoms with Crippen LogP contribution in [-0.2, 0) is 4.79 Å². The molecule has 0 unspecified atom stereocenters. The number of carbonyl (C=O) groups excluding carboxylic acids is 1. The number of halogens is 5. The summed E-state index contributed by atoms with van der Waals surface area (Å²) in [5.74, 6) is -1.10. The van der Waals surface area contributed by atoms with Crippen molar-refractivity contribution in [2.75, 3.05) is 0 Å². The smallest absolute Gasteiger partial charge is 0.336 e. The Labute approximate surface area is 128 Å². The Bertz CT molecular complexity index is 737. The van der Waals surface area contributed by atoms with Gasteiger partial charge in [0.25, 0.3) is 0 Å². The van der Waals surface area contributed by atoms with Gasteiger partial charge < -0.3 is 4.74 Å². The molecule has 0 atom stereocenters. The zero-order valence-corrected chi connectivity index (χ0v) is 12.3. The van der Waals surface area contributed by atoms with Gasteiger partial charge in [0.1, 0.15) is 10.6 Å². The molecule has 8 heteroatoms. The standard InChI is InChI=1S/C15H11F5O2S/c16-23(17,18,19,20)14-9-7-13(8-10-14)22-15(21)11-6-12-4-2-1-3-5-12/h1-11H. The summed E-state index contributed by atoms with van der Waals surface area (Å²) in [6.07, 6.45) is 2.53. The third kappa shape index (κ3) is 5.10. The highest BCUT2D eigenvalue weighted by Crippen LogP contribution is 3.02. The lowest BCUT2D eigenvalue weighted by Gasteiger charge is -2.40. The van der Waals surface area contributed by atoms with Crippen LogP contribution in [0.2, 0.25) is 0 Å². The Morgan fingerprint density at radius 1 is 0.870 bits per heavy atom. The zero-order valence-electron chi connectivity index (χ0n) is 11.5. The van der Waals surface area contributed by atoms with E-state index in [9.17, 15) is 24.2 Å². The number of carbonyl (C=O) groups is 1. The van der Waals surface area contributed by atoms with Crippen molar-refractivity contribution in [1.82, 2.24) is 0 Å². The number of esters is 1. The highest BCUT2D eigenvalue weighted by molar-refractivity contribution is 8.45. The summed E-state index contributed by atoms with van der Waals surface area (Å²) in [6.45, 7) is 0. The second-order valence-electron chi connectivity index (χ2n) is 4.61. The van der Waals surface area contributed by atoms with Crippen LogP contribution in [0.25, 0.3) is 6.08 Å². The lowest BCUT2D eigenvalue weighted by atomic mass is 10.2. The summed E-state index contributed by atoms with van der Waals surface area (Å²) >= 11 is 0. The summed E-state index contributed by atoms with van der Waals surface area (Å²) in [7, 11) is -9.71. The van der Waals surface area contributed by atoms with Crippen molar-refractivity contribution in [3.8, 4) is 5.75 Å². The minimum Gasteiger partial charge on any atom is -0.423 e. The first kappa shape index (κ1) is 17.0. The minimum atomic E-state index is -9.71. The normalized spacial score (nSPS) is 15.0. The molecule has 0 bridgehead atoms. The molecule has 0 aromatic heterocycles. The molecule has 2 aromatic carbocycles. The number of hydrogen-bond acceptors (Lipinski definition) is 2. The van der Waals surface area contributed by atoms with Gasteiger partial charge in [-0.15, -0.1) is 0 Å². The molecule has 0 saturated carbocycles. The zero-order chi connectivity index (χ0) is 17.2. The molecule has 0 aliphatic heterocycles. The third-order valence-corrected chi connectivity index (χ3v) is 3.86. The van der Waals surface area contributed by atoms with E-state index in [2.05, 4.69) is 0 Å². The van der Waals surface area contributed by atoms with Gasteiger partial charge in [-0.1, -0.05) is 49.8 Å². The SMILES string of the molecule is O=C(C=Cc1ccccc1)Oc1ccc(S(F)(F)(F)(F)F)cc1. The van der Waals surface area contributed by atoms with Crippen molar-refractivity contribution >= 4 is 22.3 Å². The Morgan fingerprint density at radius 2 is 1.43 bits per heavy atom. The highest BCUT2D eigenvalue weighted by atomic mass is 32.5. The van der Waals surface area contributed by atoms with Gasteiger partial charge >= 0.3 is 16.2 Å². The molecule has 2 rings (SSSR count). The summed E-state index contributed by atoms with van der Waals surface area (Å²) in [5.41, 5.74) is 0.723. The van der Waals surface area contributed by atoms with Gasteiger partial charge in [0.2, 0.25) is 0 Å². The summed E-state index contributed by atoms with van der Waals surface area (Å²) in [5, 5.41) is 0. The Morgan fingerprint density at radius 3 is 1.96 bits per heavy atom. The Kier molecular flexibility index (Phi) is 3.76. The Balaban J connectivity index is 2.07. The van der Waals surface area contributed by atoms with Gasteiger partial charge in [-0.05, 0) is 35.9 Å². The van der Waals surface area contributed by atoms with E-state index in [1.54, 1.807) is 30.3 Å². The van der Waals surface area contributed by atoms with Gasteiger partial charge in [0.05, 0.1) is 0 Å². The molecule has 0 fully saturated rings. The van der Waals surface area contributed by atoms with E-state index in [1.807, 2.05) is 0 Å². The van der Waals surface area contributed by atoms with E-state index in [4.69, 9.17) is 4.74 Å². The van der Waals surface area contributed by atoms with E-state index in [-0.39, 0.29) is 17.9 Å². The van der Waals surface area contributed by atoms with Gasteiger partial charge in [-0.25, -0.2) is 4.79 Å². The molecule has 0 heterocycles. The molecule has 0 amide bonds. The number of rotatable bonds is 4. The molecule has 0 radical (unpaired) electrons. The maximum atomic E-state index is 12.5. The molecule has 0 aliphatic rings. The van der Waals surface area contributed by atoms with Crippen LogP contribution in [0.5, 0.6) is 5.75 Å². The minimum absolute atomic E-state index is 0.186. The highest BCUT2D eigenvalue weighted by Gasteiger charge is 2.65. The molecule has 0 aliphatic carbocycles. The van der Waals surface area contributed by atoms with E-state index in [0.717, 1.165) is 11.6 Å². The van der Waals surface area contributed by atoms with E-state index >= 15 is 0 Å². The van der Waals surface area contributed by atoms with Crippen molar-refractivity contribution in [2.45, 2.75) is 4.90 Å². The maximum Gasteiger partial charge on any atom is 0.336 e. The van der Waals surface area contributed by atoms with E-state index < -0.39 is 21.1 Å². The van der Waals surface area contributed by atoms with Crippen molar-refractivity contribution in [3.05, 3.63) is 66.2 Å². The number of benzene rings is 2. The van der Waals surface area contributed by atoms with Gasteiger partial charge in [-0.3, -0.25) is 0 Å². The fourth-order valence-electron chi connectivity index (χ4n) is 1.64. The fourth-order valence-corrected chi connectivity index (χ4v) is 2.29. The lowest BCUT2D eigenvalue weighted by molar-refractivity contribution is -0.128. The van der Waals surface area contributed by atoms with E-state index in [0.29, 0.717) is 12.1 Å². The lowest BCUT2D eigenvalue weighted by Crippen LogP contribution is -2.07. The molecule has 0 N–H and O–H groups in total. The number of hydrogen-bond donors (Lipinski definition) is 0. The monoisotopic (exact) mass is 350 g/mol. The van der Waals surface area contributed by atoms with Crippen molar-refractivity contribution in [2.24, 2.45) is 0 Å². The molecular formula is C15H11F5O2S. The Hall–Kier alpha value is -2.35. The van der Waals surface area contributed by atoms with Crippen LogP contribution >= 0.6 is 10.2 Å². The molecule has 2 aromatic rings. The van der Waals surface area contributed by atoms with Crippen LogP contribution in [0.15, 0.2) is 65.6 Å². The largest absolute Gasteiger partial charge is 0.423 e. The predicted molar refractivity (Wildman–Crippen MR) is 79.0 cm³/mol. The van der Waals surface area contributed by atoms with Gasteiger partial charge in [0.15, 0.2) is 0 Å². The quantitative estimate of drug-likeness (QED) is 0.294. The van der Waals surface area contributed by atoms with Crippen LogP contribution in [-0.4, -0.2) is 5.97 Å². The van der Waals surface area contributed by atoms with Crippen LogP contribution in [0, 0.1) is 0 Å². The first-order valence-electron chi connectivity index (χ1n) is 6.23. The summed E-state index contributed by atoms with van der Waals surface area (Å²) < 4.78 is 67.4. The van der Waals surface area contributed by atoms with Crippen LogP contribution in [0.4, 0.5) is 19.4 Å². The number of ether oxygens (including phenoxy) is 1. The second kappa shape index (κ2) is 5.09. The van der Waals surface area contributed by atoms with Crippen molar-refractivity contribution in [1.29, 1.82) is 0 Å². The average molecular weight is 350 g/mol. The molecule has 0 saturated heterocycles. The summed E-state index contributed by atoms with van der Waals surface area (Å²) in [6, 6.07) is 10.5. The van der Waals surface area contributed by atoms with Crippen LogP contribution in [0.1, 0.15) is 5.56 Å². The average Bonchev–Trinajstić information content (AvgIpc) is 2.44. The molecule has 2 nitrogen and oxygen atoms in total. The van der Waals surface area contributed by atoms with Crippen LogP contribution < -0.4 is 4.74 Å². The first-order valence-corrected chi connectivity index (χ1v) is 8.18. The second-order valence-corrected chi connectivity index (χ2v) is 7.01. The van der Waals surface area contributed by atoms with Crippen molar-refractivity contribution < 1.29 is 29.0 Å². The van der Waals surface area contributed by atoms with E-state index in [1.165, 1.54) is 6.08 Å². The van der Waals surface area contributed by atoms with Gasteiger partial charge in [0, 0.05) is 6.08 Å². The molecule has 124 valence electrons. The molecule has 23 heavy (non-hydrogen) atoms. The topological polar surface area (TPSA) is 26.3 Å². The molecular weight excluding hydrogens is 339 g/mol. The third-order valence-electron chi connectivity index (χ3n) is 2.70. The van der Waals surface area contributed by atoms with Gasteiger partial charge in [-0.2, -0.15) is 0 Å².